The fraction of sp³-hybridized carbons (Fsp3) is 0.947. The summed E-state index contributed by atoms with van der Waals surface area (Å²) in [5, 5.41) is 10.6. The minimum absolute atomic E-state index is 0.107. The zero-order chi connectivity index (χ0) is 70.0. The lowest BCUT2D eigenvalue weighted by molar-refractivity contribution is -0.161. The molecule has 17 nitrogen and oxygen atoms in total. The molecule has 0 saturated carbocycles. The first-order chi connectivity index (χ1) is 45.9. The van der Waals surface area contributed by atoms with Crippen molar-refractivity contribution >= 4 is 39.5 Å². The lowest BCUT2D eigenvalue weighted by Crippen LogP contribution is -2.30. The molecule has 0 aromatic carbocycles. The van der Waals surface area contributed by atoms with Gasteiger partial charge in [0.1, 0.15) is 19.3 Å². The topological polar surface area (TPSA) is 237 Å². The van der Waals surface area contributed by atoms with E-state index in [9.17, 15) is 43.2 Å². The van der Waals surface area contributed by atoms with Gasteiger partial charge in [0.15, 0.2) is 12.2 Å². The smallest absolute Gasteiger partial charge is 0.462 e. The number of hydrogen-bond donors (Lipinski definition) is 3. The molecule has 2 unspecified atom stereocenters. The predicted molar refractivity (Wildman–Crippen MR) is 386 cm³/mol. The van der Waals surface area contributed by atoms with Crippen LogP contribution in [-0.4, -0.2) is 96.7 Å². The van der Waals surface area contributed by atoms with E-state index in [0.29, 0.717) is 25.7 Å². The Labute approximate surface area is 581 Å². The molecule has 0 bridgehead atoms. The number of unbranched alkanes of at least 4 members (excludes halogenated alkanes) is 45. The average molecular weight is 1400 g/mol. The van der Waals surface area contributed by atoms with E-state index >= 15 is 0 Å². The molecule has 0 saturated heterocycles. The van der Waals surface area contributed by atoms with E-state index in [-0.39, 0.29) is 25.7 Å². The minimum Gasteiger partial charge on any atom is -0.462 e. The molecule has 0 aliphatic heterocycles. The van der Waals surface area contributed by atoms with Gasteiger partial charge in [-0.2, -0.15) is 0 Å². The number of carbonyl (C=O) groups excluding carboxylic acids is 4. The maximum absolute atomic E-state index is 13.1. The lowest BCUT2D eigenvalue weighted by Gasteiger charge is -2.21. The molecule has 0 rings (SSSR count). The van der Waals surface area contributed by atoms with Gasteiger partial charge in [-0.15, -0.1) is 0 Å². The van der Waals surface area contributed by atoms with E-state index in [1.54, 1.807) is 0 Å². The van der Waals surface area contributed by atoms with Crippen molar-refractivity contribution in [3.8, 4) is 0 Å². The average Bonchev–Trinajstić information content (AvgIpc) is 1.26. The summed E-state index contributed by atoms with van der Waals surface area (Å²) >= 11 is 0. The first-order valence-corrected chi connectivity index (χ1v) is 42.5. The molecule has 95 heavy (non-hydrogen) atoms. The molecule has 564 valence electrons. The zero-order valence-electron chi connectivity index (χ0n) is 62.0. The van der Waals surface area contributed by atoms with Crippen molar-refractivity contribution in [3.05, 3.63) is 0 Å². The highest BCUT2D eigenvalue weighted by Gasteiger charge is 2.30. The summed E-state index contributed by atoms with van der Waals surface area (Å²) in [6, 6.07) is 0. The second-order valence-corrected chi connectivity index (χ2v) is 31.3. The molecule has 3 N–H and O–H groups in total. The second kappa shape index (κ2) is 67.9. The quantitative estimate of drug-likeness (QED) is 0.0222. The predicted octanol–water partition coefficient (Wildman–Crippen LogP) is 22.3. The first-order valence-electron chi connectivity index (χ1n) is 39.5. The number of phosphoric acid groups is 2. The third-order valence-corrected chi connectivity index (χ3v) is 19.6. The fourth-order valence-corrected chi connectivity index (χ4v) is 13.2. The zero-order valence-corrected chi connectivity index (χ0v) is 63.8. The van der Waals surface area contributed by atoms with Crippen molar-refractivity contribution in [2.45, 2.75) is 413 Å². The van der Waals surface area contributed by atoms with Crippen molar-refractivity contribution in [1.29, 1.82) is 0 Å². The van der Waals surface area contributed by atoms with Crippen molar-refractivity contribution in [3.63, 3.8) is 0 Å². The molecule has 5 atom stereocenters. The van der Waals surface area contributed by atoms with Crippen molar-refractivity contribution in [2.75, 3.05) is 39.6 Å². The number of ether oxygens (including phenoxy) is 4. The Balaban J connectivity index is 5.24. The van der Waals surface area contributed by atoms with Crippen LogP contribution >= 0.6 is 15.6 Å². The number of carbonyl (C=O) groups is 4. The number of rotatable bonds is 75. The monoisotopic (exact) mass is 1400 g/mol. The van der Waals surface area contributed by atoms with Crippen LogP contribution in [0.2, 0.25) is 0 Å². The summed E-state index contributed by atoms with van der Waals surface area (Å²) in [6.45, 7) is 9.60. The molecular weight excluding hydrogens is 1250 g/mol. The Morgan fingerprint density at radius 1 is 0.284 bits per heavy atom. The molecule has 0 fully saturated rings. The number of aliphatic hydroxyl groups is 1. The van der Waals surface area contributed by atoms with Gasteiger partial charge < -0.3 is 33.8 Å². The number of aliphatic hydroxyl groups excluding tert-OH is 1. The maximum atomic E-state index is 13.1. The third-order valence-electron chi connectivity index (χ3n) is 17.7. The number of hydrogen-bond acceptors (Lipinski definition) is 15. The van der Waals surface area contributed by atoms with Gasteiger partial charge in [-0.3, -0.25) is 37.3 Å². The molecule has 0 radical (unpaired) electrons. The Bertz CT molecular complexity index is 1840. The lowest BCUT2D eigenvalue weighted by atomic mass is 10.0. The normalized spacial score (nSPS) is 14.0. The Morgan fingerprint density at radius 3 is 0.716 bits per heavy atom. The van der Waals surface area contributed by atoms with Crippen molar-refractivity contribution in [1.82, 2.24) is 0 Å². The van der Waals surface area contributed by atoms with Crippen LogP contribution in [0.1, 0.15) is 395 Å². The first kappa shape index (κ1) is 93.1. The Kier molecular flexibility index (Phi) is 66.5. The number of esters is 4. The largest absolute Gasteiger partial charge is 0.472 e. The van der Waals surface area contributed by atoms with Crippen molar-refractivity contribution in [2.24, 2.45) is 11.8 Å². The third kappa shape index (κ3) is 70.3. The summed E-state index contributed by atoms with van der Waals surface area (Å²) in [5.74, 6) is -0.563. The highest BCUT2D eigenvalue weighted by atomic mass is 31.2. The molecule has 0 heterocycles. The molecule has 0 aliphatic carbocycles. The summed E-state index contributed by atoms with van der Waals surface area (Å²) in [5.41, 5.74) is 0. The van der Waals surface area contributed by atoms with Crippen LogP contribution in [0.3, 0.4) is 0 Å². The molecular formula is C76H148O17P2. The SMILES string of the molecule is CCCCCCCCCCCCCCCCCCC(=O)OC[C@H](COP(=O)(O)OC[C@@H](O)COP(=O)(O)OC[C@@H](COC(=O)CCCCCCCCCCC)OC(=O)CCCCCCCCCCCCCC(C)C)OC(=O)CCCCCCCCCCCCCCCC(C)C. The van der Waals surface area contributed by atoms with Crippen LogP contribution in [0.5, 0.6) is 0 Å². The molecule has 0 aliphatic rings. The van der Waals surface area contributed by atoms with E-state index in [1.807, 2.05) is 0 Å². The van der Waals surface area contributed by atoms with Crippen LogP contribution in [0.4, 0.5) is 0 Å². The van der Waals surface area contributed by atoms with Gasteiger partial charge in [0.05, 0.1) is 26.4 Å². The maximum Gasteiger partial charge on any atom is 0.472 e. The van der Waals surface area contributed by atoms with E-state index in [2.05, 4.69) is 41.5 Å². The molecule has 0 aromatic heterocycles. The molecule has 19 heteroatoms. The van der Waals surface area contributed by atoms with E-state index < -0.39 is 97.5 Å². The highest BCUT2D eigenvalue weighted by molar-refractivity contribution is 7.47. The standard InChI is InChI=1S/C76H148O17P2/c1-7-9-11-13-15-17-18-19-20-21-24-29-35-41-47-53-59-74(79)87-65-72(93-75(80)60-54-48-42-36-30-25-22-23-27-33-38-44-50-56-68(3)4)67-91-95(84,85)89-63-70(77)62-88-94(82,83)90-66-71(64-86-73(78)58-52-46-40-32-16-14-12-10-8-2)92-76(81)61-55-49-43-37-31-26-28-34-39-45-51-57-69(5)6/h68-72,77H,7-67H2,1-6H3,(H,82,83)(H,84,85)/t70-,71+,72+/m0/s1. The summed E-state index contributed by atoms with van der Waals surface area (Å²) in [7, 11) is -9.91. The fourth-order valence-electron chi connectivity index (χ4n) is 11.7. The molecule has 0 amide bonds. The van der Waals surface area contributed by atoms with Crippen LogP contribution in [0, 0.1) is 11.8 Å². The van der Waals surface area contributed by atoms with Gasteiger partial charge in [-0.1, -0.05) is 343 Å². The van der Waals surface area contributed by atoms with E-state index in [1.165, 1.54) is 212 Å². The van der Waals surface area contributed by atoms with Crippen LogP contribution < -0.4 is 0 Å². The van der Waals surface area contributed by atoms with Crippen LogP contribution in [0.15, 0.2) is 0 Å². The van der Waals surface area contributed by atoms with Crippen molar-refractivity contribution < 1.29 is 80.2 Å². The minimum atomic E-state index is -4.96. The van der Waals surface area contributed by atoms with E-state index in [0.717, 1.165) is 102 Å². The second-order valence-electron chi connectivity index (χ2n) is 28.3. The molecule has 0 spiro atoms. The van der Waals surface area contributed by atoms with Gasteiger partial charge in [0.2, 0.25) is 0 Å². The summed E-state index contributed by atoms with van der Waals surface area (Å²) in [6.07, 6.45) is 55.4. The molecule has 0 aromatic rings. The van der Waals surface area contributed by atoms with Gasteiger partial charge >= 0.3 is 39.5 Å². The summed E-state index contributed by atoms with van der Waals surface area (Å²) < 4.78 is 68.5. The summed E-state index contributed by atoms with van der Waals surface area (Å²) in [4.78, 5) is 72.8. The van der Waals surface area contributed by atoms with Gasteiger partial charge in [-0.25, -0.2) is 9.13 Å². The highest BCUT2D eigenvalue weighted by Crippen LogP contribution is 2.45. The van der Waals surface area contributed by atoms with E-state index in [4.69, 9.17) is 37.0 Å². The Morgan fingerprint density at radius 2 is 0.484 bits per heavy atom. The number of phosphoric ester groups is 2. The Hall–Kier alpha value is -1.94. The van der Waals surface area contributed by atoms with Gasteiger partial charge in [-0.05, 0) is 37.5 Å². The van der Waals surface area contributed by atoms with Crippen LogP contribution in [0.25, 0.3) is 0 Å². The van der Waals surface area contributed by atoms with Gasteiger partial charge in [0.25, 0.3) is 0 Å². The van der Waals surface area contributed by atoms with Crippen LogP contribution in [-0.2, 0) is 65.4 Å². The van der Waals surface area contributed by atoms with Gasteiger partial charge in [0, 0.05) is 25.7 Å².